The van der Waals surface area contributed by atoms with Crippen LogP contribution in [0.25, 0.3) is 0 Å². The van der Waals surface area contributed by atoms with Crippen molar-refractivity contribution in [3.63, 3.8) is 0 Å². The Bertz CT molecular complexity index is 346. The van der Waals surface area contributed by atoms with Crippen LogP contribution in [0.5, 0.6) is 0 Å². The highest BCUT2D eigenvalue weighted by molar-refractivity contribution is 5.40. The van der Waals surface area contributed by atoms with E-state index in [-0.39, 0.29) is 23.2 Å². The minimum Gasteiger partial charge on any atom is -0.368 e. The minimum absolute atomic E-state index is 0.0200. The van der Waals surface area contributed by atoms with Gasteiger partial charge in [-0.2, -0.15) is 4.98 Å². The maximum atomic E-state index is 13.3. The number of halogens is 1. The van der Waals surface area contributed by atoms with Crippen molar-refractivity contribution in [3.05, 3.63) is 12.0 Å². The van der Waals surface area contributed by atoms with E-state index in [1.807, 2.05) is 6.92 Å². The van der Waals surface area contributed by atoms with Gasteiger partial charge in [-0.05, 0) is 12.3 Å². The van der Waals surface area contributed by atoms with E-state index >= 15 is 0 Å². The highest BCUT2D eigenvalue weighted by Gasteiger charge is 2.21. The third-order valence-electron chi connectivity index (χ3n) is 2.42. The molecule has 5 heteroatoms. The molecule has 1 aromatic rings. The molecule has 1 rings (SSSR count). The normalized spacial score (nSPS) is 13.7. The first kappa shape index (κ1) is 11.7. The molecule has 0 aliphatic heterocycles. The van der Waals surface area contributed by atoms with Crippen molar-refractivity contribution in [3.8, 4) is 0 Å². The quantitative estimate of drug-likeness (QED) is 0.787. The average Bonchev–Trinajstić information content (AvgIpc) is 2.09. The van der Waals surface area contributed by atoms with E-state index in [1.165, 1.54) is 0 Å². The van der Waals surface area contributed by atoms with Crippen molar-refractivity contribution in [2.45, 2.75) is 33.7 Å². The summed E-state index contributed by atoms with van der Waals surface area (Å²) in [5.74, 6) is -0.259. The van der Waals surface area contributed by atoms with Gasteiger partial charge in [0.2, 0.25) is 5.95 Å². The van der Waals surface area contributed by atoms with Crippen molar-refractivity contribution in [2.24, 2.45) is 5.41 Å². The summed E-state index contributed by atoms with van der Waals surface area (Å²) in [6.07, 6.45) is 1.07. The van der Waals surface area contributed by atoms with Gasteiger partial charge in [0.1, 0.15) is 0 Å². The summed E-state index contributed by atoms with van der Waals surface area (Å²) in [5, 5.41) is 2.98. The Hall–Kier alpha value is -1.39. The highest BCUT2D eigenvalue weighted by atomic mass is 19.1. The van der Waals surface area contributed by atoms with E-state index in [2.05, 4.69) is 36.1 Å². The topological polar surface area (TPSA) is 63.8 Å². The molecule has 1 heterocycles. The number of rotatable bonds is 2. The van der Waals surface area contributed by atoms with E-state index in [1.54, 1.807) is 0 Å². The molecule has 3 N–H and O–H groups in total. The standard InChI is InChI=1S/C10H17FN4/c1-6(10(2,3)4)14-8-7(11)5-13-9(12)15-8/h5-6H,1-4H3,(H3,12,13,14,15)/t6-/m0/s1. The maximum absolute atomic E-state index is 13.3. The zero-order chi connectivity index (χ0) is 11.6. The van der Waals surface area contributed by atoms with Gasteiger partial charge in [0.05, 0.1) is 6.20 Å². The van der Waals surface area contributed by atoms with Crippen LogP contribution < -0.4 is 11.1 Å². The molecule has 15 heavy (non-hydrogen) atoms. The first-order chi connectivity index (χ1) is 6.80. The van der Waals surface area contributed by atoms with Crippen LogP contribution in [-0.2, 0) is 0 Å². The zero-order valence-corrected chi connectivity index (χ0v) is 9.50. The second-order valence-corrected chi connectivity index (χ2v) is 4.66. The van der Waals surface area contributed by atoms with Crippen LogP contribution in [0.3, 0.4) is 0 Å². The van der Waals surface area contributed by atoms with Crippen molar-refractivity contribution in [1.29, 1.82) is 0 Å². The monoisotopic (exact) mass is 212 g/mol. The lowest BCUT2D eigenvalue weighted by Crippen LogP contribution is -2.31. The molecule has 0 aliphatic rings. The molecule has 1 aromatic heterocycles. The lowest BCUT2D eigenvalue weighted by atomic mass is 9.88. The van der Waals surface area contributed by atoms with Crippen LogP contribution in [0.15, 0.2) is 6.20 Å². The van der Waals surface area contributed by atoms with Gasteiger partial charge in [-0.15, -0.1) is 0 Å². The van der Waals surface area contributed by atoms with E-state index < -0.39 is 5.82 Å². The van der Waals surface area contributed by atoms with Gasteiger partial charge < -0.3 is 11.1 Å². The first-order valence-electron chi connectivity index (χ1n) is 4.85. The third kappa shape index (κ3) is 3.04. The van der Waals surface area contributed by atoms with Crippen LogP contribution in [-0.4, -0.2) is 16.0 Å². The number of nitrogens with one attached hydrogen (secondary N) is 1. The number of nitrogen functional groups attached to an aromatic ring is 1. The van der Waals surface area contributed by atoms with Crippen LogP contribution >= 0.6 is 0 Å². The minimum atomic E-state index is -0.486. The lowest BCUT2D eigenvalue weighted by molar-refractivity contribution is 0.357. The number of nitrogens with two attached hydrogens (primary N) is 1. The molecular formula is C10H17FN4. The lowest BCUT2D eigenvalue weighted by Gasteiger charge is -2.28. The van der Waals surface area contributed by atoms with Gasteiger partial charge in [0.15, 0.2) is 11.6 Å². The van der Waals surface area contributed by atoms with Gasteiger partial charge in [0, 0.05) is 6.04 Å². The fraction of sp³-hybridized carbons (Fsp3) is 0.600. The largest absolute Gasteiger partial charge is 0.368 e. The second kappa shape index (κ2) is 4.00. The molecule has 0 unspecified atom stereocenters. The smallest absolute Gasteiger partial charge is 0.222 e. The molecular weight excluding hydrogens is 195 g/mol. The Morgan fingerprint density at radius 2 is 2.07 bits per heavy atom. The molecule has 0 saturated carbocycles. The Morgan fingerprint density at radius 1 is 1.47 bits per heavy atom. The highest BCUT2D eigenvalue weighted by Crippen LogP contribution is 2.23. The average molecular weight is 212 g/mol. The predicted octanol–water partition coefficient (Wildman–Crippen LogP) is 2.04. The van der Waals surface area contributed by atoms with E-state index in [0.29, 0.717) is 0 Å². The van der Waals surface area contributed by atoms with Crippen LogP contribution in [0.4, 0.5) is 16.2 Å². The van der Waals surface area contributed by atoms with E-state index in [9.17, 15) is 4.39 Å². The van der Waals surface area contributed by atoms with Gasteiger partial charge >= 0.3 is 0 Å². The summed E-state index contributed by atoms with van der Waals surface area (Å²) in [6, 6.07) is 0.0845. The summed E-state index contributed by atoms with van der Waals surface area (Å²) in [7, 11) is 0. The summed E-state index contributed by atoms with van der Waals surface area (Å²) in [6.45, 7) is 8.16. The number of aromatic nitrogens is 2. The summed E-state index contributed by atoms with van der Waals surface area (Å²) in [5.41, 5.74) is 5.40. The zero-order valence-electron chi connectivity index (χ0n) is 9.50. The fourth-order valence-corrected chi connectivity index (χ4v) is 0.904. The third-order valence-corrected chi connectivity index (χ3v) is 2.42. The number of nitrogens with zero attached hydrogens (tertiary/aromatic N) is 2. The van der Waals surface area contributed by atoms with Gasteiger partial charge in [-0.3, -0.25) is 0 Å². The summed E-state index contributed by atoms with van der Waals surface area (Å²) >= 11 is 0. The number of hydrogen-bond acceptors (Lipinski definition) is 4. The fourth-order valence-electron chi connectivity index (χ4n) is 0.904. The molecule has 0 fully saturated rings. The van der Waals surface area contributed by atoms with Crippen LogP contribution in [0.1, 0.15) is 27.7 Å². The predicted molar refractivity (Wildman–Crippen MR) is 58.9 cm³/mol. The SMILES string of the molecule is C[C@H](Nc1nc(N)ncc1F)C(C)(C)C. The van der Waals surface area contributed by atoms with Crippen LogP contribution in [0, 0.1) is 11.2 Å². The van der Waals surface area contributed by atoms with Gasteiger partial charge in [0.25, 0.3) is 0 Å². The molecule has 0 saturated heterocycles. The first-order valence-corrected chi connectivity index (χ1v) is 4.85. The Labute approximate surface area is 89.1 Å². The molecule has 0 spiro atoms. The Balaban J connectivity index is 2.85. The molecule has 0 aliphatic carbocycles. The molecule has 1 atom stereocenters. The van der Waals surface area contributed by atoms with Crippen LogP contribution in [0.2, 0.25) is 0 Å². The molecule has 0 amide bonds. The molecule has 4 nitrogen and oxygen atoms in total. The molecule has 0 aromatic carbocycles. The molecule has 0 radical (unpaired) electrons. The van der Waals surface area contributed by atoms with Crippen molar-refractivity contribution < 1.29 is 4.39 Å². The van der Waals surface area contributed by atoms with Gasteiger partial charge in [-0.1, -0.05) is 20.8 Å². The summed E-state index contributed by atoms with van der Waals surface area (Å²) < 4.78 is 13.3. The Morgan fingerprint density at radius 3 is 2.60 bits per heavy atom. The van der Waals surface area contributed by atoms with E-state index in [0.717, 1.165) is 6.20 Å². The molecule has 84 valence electrons. The van der Waals surface area contributed by atoms with Gasteiger partial charge in [-0.25, -0.2) is 9.37 Å². The number of hydrogen-bond donors (Lipinski definition) is 2. The maximum Gasteiger partial charge on any atom is 0.222 e. The van der Waals surface area contributed by atoms with Crippen molar-refractivity contribution in [1.82, 2.24) is 9.97 Å². The Kier molecular flexibility index (Phi) is 3.12. The van der Waals surface area contributed by atoms with E-state index in [4.69, 9.17) is 5.73 Å². The number of anilines is 2. The second-order valence-electron chi connectivity index (χ2n) is 4.66. The molecule has 0 bridgehead atoms. The van der Waals surface area contributed by atoms with Crippen molar-refractivity contribution >= 4 is 11.8 Å². The van der Waals surface area contributed by atoms with Crippen molar-refractivity contribution in [2.75, 3.05) is 11.1 Å². The summed E-state index contributed by atoms with van der Waals surface area (Å²) in [4.78, 5) is 7.37.